The summed E-state index contributed by atoms with van der Waals surface area (Å²) in [6.07, 6.45) is -1.29. The molecule has 6 nitrogen and oxygen atoms in total. The highest BCUT2D eigenvalue weighted by Crippen LogP contribution is 2.01. The van der Waals surface area contributed by atoms with E-state index in [1.54, 1.807) is 0 Å². The summed E-state index contributed by atoms with van der Waals surface area (Å²) in [5.41, 5.74) is 0. The molecule has 0 radical (unpaired) electrons. The van der Waals surface area contributed by atoms with Gasteiger partial charge in [-0.1, -0.05) is 12.2 Å². The lowest BCUT2D eigenvalue weighted by atomic mass is 10.2. The lowest BCUT2D eigenvalue weighted by molar-refractivity contribution is -0.161. The molecule has 2 atom stereocenters. The van der Waals surface area contributed by atoms with Crippen molar-refractivity contribution in [2.75, 3.05) is 13.1 Å². The van der Waals surface area contributed by atoms with Crippen molar-refractivity contribution in [1.82, 2.24) is 4.90 Å². The first-order chi connectivity index (χ1) is 7.45. The van der Waals surface area contributed by atoms with Gasteiger partial charge in [-0.25, -0.2) is 4.79 Å². The van der Waals surface area contributed by atoms with Crippen molar-refractivity contribution in [3.63, 3.8) is 0 Å². The Bertz CT molecular complexity index is 279. The Morgan fingerprint density at radius 2 is 1.56 bits per heavy atom. The van der Waals surface area contributed by atoms with E-state index in [-0.39, 0.29) is 13.1 Å². The minimum absolute atomic E-state index is 0.133. The topological polar surface area (TPSA) is 98.1 Å². The van der Waals surface area contributed by atoms with E-state index in [1.165, 1.54) is 12.2 Å². The van der Waals surface area contributed by atoms with Crippen LogP contribution in [0.15, 0.2) is 25.3 Å². The lowest BCUT2D eigenvalue weighted by Crippen LogP contribution is -2.47. The second kappa shape index (κ2) is 6.76. The third-order valence-electron chi connectivity index (χ3n) is 1.82. The molecule has 0 aromatic heterocycles. The molecule has 0 saturated carbocycles. The van der Waals surface area contributed by atoms with Gasteiger partial charge in [0.05, 0.1) is 0 Å². The molecule has 3 N–H and O–H groups in total. The van der Waals surface area contributed by atoms with Gasteiger partial charge in [-0.15, -0.1) is 13.2 Å². The Balaban J connectivity index is 4.64. The SMILES string of the molecule is C=CCN(CC=C)C(=O)C(O)C(O)C(=O)O. The maximum atomic E-state index is 11.5. The van der Waals surface area contributed by atoms with Crippen LogP contribution in [0.25, 0.3) is 0 Å². The van der Waals surface area contributed by atoms with Gasteiger partial charge < -0.3 is 20.2 Å². The van der Waals surface area contributed by atoms with Gasteiger partial charge >= 0.3 is 5.97 Å². The molecule has 0 saturated heterocycles. The molecular formula is C10H15NO5. The van der Waals surface area contributed by atoms with Crippen molar-refractivity contribution in [2.24, 2.45) is 0 Å². The van der Waals surface area contributed by atoms with Crippen molar-refractivity contribution < 1.29 is 24.9 Å². The van der Waals surface area contributed by atoms with Gasteiger partial charge in [0.15, 0.2) is 12.2 Å². The molecule has 6 heteroatoms. The smallest absolute Gasteiger partial charge is 0.335 e. The summed E-state index contributed by atoms with van der Waals surface area (Å²) < 4.78 is 0. The minimum Gasteiger partial charge on any atom is -0.479 e. The molecule has 0 bridgehead atoms. The summed E-state index contributed by atoms with van der Waals surface area (Å²) in [6.45, 7) is 7.10. The van der Waals surface area contributed by atoms with Crippen LogP contribution in [-0.4, -0.2) is 57.4 Å². The van der Waals surface area contributed by atoms with E-state index in [4.69, 9.17) is 10.2 Å². The third-order valence-corrected chi connectivity index (χ3v) is 1.82. The first-order valence-corrected chi connectivity index (χ1v) is 4.55. The minimum atomic E-state index is -2.13. The van der Waals surface area contributed by atoms with Crippen LogP contribution in [0.3, 0.4) is 0 Å². The quantitative estimate of drug-likeness (QED) is 0.486. The normalized spacial score (nSPS) is 13.6. The Kier molecular flexibility index (Phi) is 6.06. The van der Waals surface area contributed by atoms with Crippen molar-refractivity contribution in [3.8, 4) is 0 Å². The van der Waals surface area contributed by atoms with E-state index in [0.29, 0.717) is 0 Å². The Morgan fingerprint density at radius 3 is 1.88 bits per heavy atom. The number of amides is 1. The van der Waals surface area contributed by atoms with Gasteiger partial charge in [0, 0.05) is 13.1 Å². The Labute approximate surface area is 93.1 Å². The van der Waals surface area contributed by atoms with Crippen LogP contribution in [0.1, 0.15) is 0 Å². The molecule has 2 unspecified atom stereocenters. The summed E-state index contributed by atoms with van der Waals surface area (Å²) >= 11 is 0. The summed E-state index contributed by atoms with van der Waals surface area (Å²) in [5.74, 6) is -2.53. The standard InChI is InChI=1S/C10H15NO5/c1-3-5-11(6-4-2)9(14)7(12)8(13)10(15)16/h3-4,7-8,12-13H,1-2,5-6H2,(H,15,16). The van der Waals surface area contributed by atoms with Gasteiger partial charge in [0.25, 0.3) is 5.91 Å². The van der Waals surface area contributed by atoms with Crippen LogP contribution in [0.5, 0.6) is 0 Å². The average molecular weight is 229 g/mol. The Morgan fingerprint density at radius 1 is 1.12 bits per heavy atom. The second-order valence-electron chi connectivity index (χ2n) is 3.05. The number of hydrogen-bond donors (Lipinski definition) is 3. The number of nitrogens with zero attached hydrogens (tertiary/aromatic N) is 1. The predicted molar refractivity (Wildman–Crippen MR) is 56.6 cm³/mol. The van der Waals surface area contributed by atoms with Gasteiger partial charge in [-0.2, -0.15) is 0 Å². The van der Waals surface area contributed by atoms with E-state index in [2.05, 4.69) is 13.2 Å². The molecule has 0 rings (SSSR count). The highest BCUT2D eigenvalue weighted by Gasteiger charge is 2.32. The molecule has 0 aromatic rings. The van der Waals surface area contributed by atoms with Crippen LogP contribution in [0, 0.1) is 0 Å². The summed E-state index contributed by atoms with van der Waals surface area (Å²) in [6, 6.07) is 0. The van der Waals surface area contributed by atoms with Gasteiger partial charge in [0.2, 0.25) is 0 Å². The van der Waals surface area contributed by atoms with Crippen molar-refractivity contribution in [3.05, 3.63) is 25.3 Å². The highest BCUT2D eigenvalue weighted by atomic mass is 16.4. The van der Waals surface area contributed by atoms with Crippen molar-refractivity contribution >= 4 is 11.9 Å². The van der Waals surface area contributed by atoms with E-state index >= 15 is 0 Å². The number of hydrogen-bond acceptors (Lipinski definition) is 4. The number of rotatable bonds is 7. The molecule has 16 heavy (non-hydrogen) atoms. The van der Waals surface area contributed by atoms with E-state index in [9.17, 15) is 14.7 Å². The number of aliphatic hydroxyl groups is 2. The molecule has 0 aliphatic carbocycles. The molecule has 0 aliphatic heterocycles. The van der Waals surface area contributed by atoms with Crippen LogP contribution < -0.4 is 0 Å². The number of carbonyl (C=O) groups is 2. The van der Waals surface area contributed by atoms with Crippen molar-refractivity contribution in [2.45, 2.75) is 12.2 Å². The van der Waals surface area contributed by atoms with Crippen LogP contribution >= 0.6 is 0 Å². The molecule has 0 spiro atoms. The van der Waals surface area contributed by atoms with Gasteiger partial charge in [0.1, 0.15) is 0 Å². The van der Waals surface area contributed by atoms with Crippen LogP contribution in [0.4, 0.5) is 0 Å². The molecule has 0 heterocycles. The zero-order chi connectivity index (χ0) is 12.7. The first-order valence-electron chi connectivity index (χ1n) is 4.55. The maximum Gasteiger partial charge on any atom is 0.335 e. The fraction of sp³-hybridized carbons (Fsp3) is 0.400. The maximum absolute atomic E-state index is 11.5. The zero-order valence-corrected chi connectivity index (χ0v) is 8.74. The molecule has 0 aliphatic rings. The molecular weight excluding hydrogens is 214 g/mol. The van der Waals surface area contributed by atoms with Gasteiger partial charge in [-0.05, 0) is 0 Å². The number of carboxylic acid groups (broad SMARTS) is 1. The second-order valence-corrected chi connectivity index (χ2v) is 3.05. The van der Waals surface area contributed by atoms with E-state index in [1.807, 2.05) is 0 Å². The van der Waals surface area contributed by atoms with Crippen LogP contribution in [0.2, 0.25) is 0 Å². The summed E-state index contributed by atoms with van der Waals surface area (Å²) in [4.78, 5) is 23.0. The number of carbonyl (C=O) groups excluding carboxylic acids is 1. The molecule has 0 aromatic carbocycles. The Hall–Kier alpha value is -1.66. The predicted octanol–water partition coefficient (Wildman–Crippen LogP) is -1.01. The third kappa shape index (κ3) is 3.84. The highest BCUT2D eigenvalue weighted by molar-refractivity contribution is 5.87. The monoisotopic (exact) mass is 229 g/mol. The number of aliphatic hydroxyl groups excluding tert-OH is 2. The van der Waals surface area contributed by atoms with Crippen LogP contribution in [-0.2, 0) is 9.59 Å². The first kappa shape index (κ1) is 14.3. The van der Waals surface area contributed by atoms with E-state index < -0.39 is 24.1 Å². The van der Waals surface area contributed by atoms with E-state index in [0.717, 1.165) is 4.90 Å². The fourth-order valence-electron chi connectivity index (χ4n) is 1.02. The average Bonchev–Trinajstić information content (AvgIpc) is 2.25. The zero-order valence-electron chi connectivity index (χ0n) is 8.74. The lowest BCUT2D eigenvalue weighted by Gasteiger charge is -2.23. The molecule has 1 amide bonds. The summed E-state index contributed by atoms with van der Waals surface area (Å²) in [7, 11) is 0. The fourth-order valence-corrected chi connectivity index (χ4v) is 1.02. The number of carboxylic acids is 1. The molecule has 0 fully saturated rings. The summed E-state index contributed by atoms with van der Waals surface area (Å²) in [5, 5.41) is 26.7. The number of aliphatic carboxylic acids is 1. The largest absolute Gasteiger partial charge is 0.479 e. The van der Waals surface area contributed by atoms with Crippen molar-refractivity contribution in [1.29, 1.82) is 0 Å². The van der Waals surface area contributed by atoms with Gasteiger partial charge in [-0.3, -0.25) is 4.79 Å². The molecule has 90 valence electrons.